The first-order chi connectivity index (χ1) is 15.2. The van der Waals surface area contributed by atoms with Crippen LogP contribution in [0.3, 0.4) is 0 Å². The van der Waals surface area contributed by atoms with E-state index in [1.54, 1.807) is 40.1 Å². The Balaban J connectivity index is 1.34. The molecule has 0 radical (unpaired) electrons. The monoisotopic (exact) mass is 445 g/mol. The lowest BCUT2D eigenvalue weighted by Gasteiger charge is -2.23. The first kappa shape index (κ1) is 19.8. The topological polar surface area (TPSA) is 62.3 Å². The fourth-order valence-corrected chi connectivity index (χ4v) is 5.67. The maximum absolute atomic E-state index is 13.0. The molecular formula is C24H19N3O2S2. The number of hydrogen-bond donors (Lipinski definition) is 1. The van der Waals surface area contributed by atoms with Crippen LogP contribution in [0.15, 0.2) is 78.9 Å². The van der Waals surface area contributed by atoms with E-state index < -0.39 is 6.04 Å². The Morgan fingerprint density at radius 2 is 1.77 bits per heavy atom. The Labute approximate surface area is 188 Å². The summed E-state index contributed by atoms with van der Waals surface area (Å²) in [7, 11) is 0. The van der Waals surface area contributed by atoms with Gasteiger partial charge >= 0.3 is 0 Å². The molecule has 5 rings (SSSR count). The number of anilines is 1. The summed E-state index contributed by atoms with van der Waals surface area (Å²) >= 11 is 3.22. The molecule has 1 aliphatic heterocycles. The predicted molar refractivity (Wildman–Crippen MR) is 127 cm³/mol. The van der Waals surface area contributed by atoms with E-state index >= 15 is 0 Å². The molecule has 0 bridgehead atoms. The van der Waals surface area contributed by atoms with Crippen LogP contribution < -0.4 is 5.32 Å². The van der Waals surface area contributed by atoms with Gasteiger partial charge < -0.3 is 10.2 Å². The second kappa shape index (κ2) is 8.53. The molecule has 3 aromatic carbocycles. The molecule has 0 spiro atoms. The summed E-state index contributed by atoms with van der Waals surface area (Å²) in [5.74, 6) is 0.809. The van der Waals surface area contributed by atoms with Crippen molar-refractivity contribution >= 4 is 50.8 Å². The minimum Gasteiger partial charge on any atom is -0.324 e. The molecule has 5 nitrogen and oxygen atoms in total. The molecule has 1 aliphatic rings. The molecule has 1 saturated heterocycles. The fourth-order valence-electron chi connectivity index (χ4n) is 3.56. The highest BCUT2D eigenvalue weighted by atomic mass is 32.2. The molecule has 2 amide bonds. The quantitative estimate of drug-likeness (QED) is 0.474. The molecule has 1 fully saturated rings. The van der Waals surface area contributed by atoms with Crippen molar-refractivity contribution in [3.8, 4) is 10.6 Å². The fraction of sp³-hybridized carbons (Fsp3) is 0.125. The number of benzene rings is 3. The minimum atomic E-state index is -0.496. The van der Waals surface area contributed by atoms with E-state index in [1.165, 1.54) is 0 Å². The number of thiazole rings is 1. The number of thioether (sulfide) groups is 1. The molecule has 7 heteroatoms. The van der Waals surface area contributed by atoms with E-state index in [-0.39, 0.29) is 11.8 Å². The van der Waals surface area contributed by atoms with E-state index in [4.69, 9.17) is 4.98 Å². The van der Waals surface area contributed by atoms with Crippen LogP contribution in [0.2, 0.25) is 0 Å². The van der Waals surface area contributed by atoms with Gasteiger partial charge in [-0.2, -0.15) is 0 Å². The van der Waals surface area contributed by atoms with Gasteiger partial charge in [0.05, 0.1) is 16.1 Å². The number of carbonyl (C=O) groups excluding carboxylic acids is 2. The van der Waals surface area contributed by atoms with Gasteiger partial charge in [-0.25, -0.2) is 4.98 Å². The van der Waals surface area contributed by atoms with Crippen LogP contribution in [0, 0.1) is 0 Å². The number of fused-ring (bicyclic) bond motifs is 1. The highest BCUT2D eigenvalue weighted by molar-refractivity contribution is 7.99. The number of nitrogens with one attached hydrogen (secondary N) is 1. The van der Waals surface area contributed by atoms with Gasteiger partial charge in [-0.1, -0.05) is 42.5 Å². The Morgan fingerprint density at radius 1 is 0.968 bits per heavy atom. The summed E-state index contributed by atoms with van der Waals surface area (Å²) < 4.78 is 1.13. The first-order valence-electron chi connectivity index (χ1n) is 9.90. The summed E-state index contributed by atoms with van der Waals surface area (Å²) in [6.45, 7) is 0. The average molecular weight is 446 g/mol. The molecule has 2 heterocycles. The van der Waals surface area contributed by atoms with Crippen LogP contribution in [0.1, 0.15) is 10.4 Å². The lowest BCUT2D eigenvalue weighted by molar-refractivity contribution is -0.119. The van der Waals surface area contributed by atoms with Gasteiger partial charge in [-0.3, -0.25) is 9.59 Å². The maximum atomic E-state index is 13.0. The summed E-state index contributed by atoms with van der Waals surface area (Å²) in [6.07, 6.45) is 0. The molecule has 1 N–H and O–H groups in total. The highest BCUT2D eigenvalue weighted by Crippen LogP contribution is 2.31. The molecule has 4 aromatic rings. The number of amides is 2. The van der Waals surface area contributed by atoms with Crippen molar-refractivity contribution < 1.29 is 9.59 Å². The van der Waals surface area contributed by atoms with Gasteiger partial charge in [0.1, 0.15) is 11.0 Å². The predicted octanol–water partition coefficient (Wildman–Crippen LogP) is 5.12. The zero-order valence-electron chi connectivity index (χ0n) is 16.5. The lowest BCUT2D eigenvalue weighted by atomic mass is 10.1. The summed E-state index contributed by atoms with van der Waals surface area (Å²) in [5.41, 5.74) is 3.22. The van der Waals surface area contributed by atoms with Gasteiger partial charge in [0.15, 0.2) is 0 Å². The number of nitrogens with zero attached hydrogens (tertiary/aromatic N) is 2. The van der Waals surface area contributed by atoms with Crippen molar-refractivity contribution in [3.63, 3.8) is 0 Å². The largest absolute Gasteiger partial charge is 0.324 e. The maximum Gasteiger partial charge on any atom is 0.255 e. The zero-order valence-corrected chi connectivity index (χ0v) is 18.2. The molecule has 0 aliphatic carbocycles. The minimum absolute atomic E-state index is 0.117. The highest BCUT2D eigenvalue weighted by Gasteiger charge is 2.35. The Hall–Kier alpha value is -3.16. The van der Waals surface area contributed by atoms with E-state index in [1.807, 2.05) is 60.7 Å². The second-order valence-electron chi connectivity index (χ2n) is 7.21. The molecular weight excluding hydrogens is 426 g/mol. The van der Waals surface area contributed by atoms with Crippen LogP contribution in [0.5, 0.6) is 0 Å². The lowest BCUT2D eigenvalue weighted by Crippen LogP contribution is -2.44. The summed E-state index contributed by atoms with van der Waals surface area (Å²) in [5, 5.41) is 3.91. The van der Waals surface area contributed by atoms with Gasteiger partial charge in [-0.05, 0) is 36.4 Å². The molecule has 154 valence electrons. The van der Waals surface area contributed by atoms with E-state index in [0.29, 0.717) is 22.9 Å². The Kier molecular flexibility index (Phi) is 5.44. The van der Waals surface area contributed by atoms with E-state index in [9.17, 15) is 9.59 Å². The van der Waals surface area contributed by atoms with Crippen molar-refractivity contribution in [2.45, 2.75) is 6.04 Å². The standard InChI is InChI=1S/C24H19N3O2S2/c28-22(20-14-30-15-27(20)24(29)16-7-2-1-3-8-16)25-18-10-6-9-17(13-18)23-26-19-11-4-5-12-21(19)31-23/h1-13,20H,14-15H2,(H,25,28). The zero-order chi connectivity index (χ0) is 21.2. The smallest absolute Gasteiger partial charge is 0.255 e. The van der Waals surface area contributed by atoms with Crippen LogP contribution >= 0.6 is 23.1 Å². The van der Waals surface area contributed by atoms with Crippen molar-refractivity contribution in [1.82, 2.24) is 9.88 Å². The van der Waals surface area contributed by atoms with Gasteiger partial charge in [0.2, 0.25) is 5.91 Å². The van der Waals surface area contributed by atoms with Crippen molar-refractivity contribution in [3.05, 3.63) is 84.4 Å². The number of aromatic nitrogens is 1. The summed E-state index contributed by atoms with van der Waals surface area (Å²) in [6, 6.07) is 24.3. The Morgan fingerprint density at radius 3 is 2.61 bits per heavy atom. The Bertz CT molecular complexity index is 1220. The van der Waals surface area contributed by atoms with E-state index in [2.05, 4.69) is 11.4 Å². The van der Waals surface area contributed by atoms with Gasteiger partial charge in [0.25, 0.3) is 5.91 Å². The van der Waals surface area contributed by atoms with Crippen LogP contribution in [-0.2, 0) is 4.79 Å². The number of carbonyl (C=O) groups is 2. The SMILES string of the molecule is O=C(Nc1cccc(-c2nc3ccccc3s2)c1)C1CSCN1C(=O)c1ccccc1. The van der Waals surface area contributed by atoms with Crippen LogP contribution in [0.4, 0.5) is 5.69 Å². The molecule has 1 unspecified atom stereocenters. The second-order valence-corrected chi connectivity index (χ2v) is 9.24. The van der Waals surface area contributed by atoms with Crippen molar-refractivity contribution in [2.75, 3.05) is 16.9 Å². The number of para-hydroxylation sites is 1. The van der Waals surface area contributed by atoms with Crippen molar-refractivity contribution in [2.24, 2.45) is 0 Å². The third-order valence-corrected chi connectivity index (χ3v) is 7.24. The molecule has 31 heavy (non-hydrogen) atoms. The molecule has 0 saturated carbocycles. The molecule has 1 atom stereocenters. The van der Waals surface area contributed by atoms with Crippen LogP contribution in [0.25, 0.3) is 20.8 Å². The molecule has 1 aromatic heterocycles. The third-order valence-electron chi connectivity index (χ3n) is 5.14. The summed E-state index contributed by atoms with van der Waals surface area (Å²) in [4.78, 5) is 32.2. The van der Waals surface area contributed by atoms with Gasteiger partial charge in [0, 0.05) is 22.6 Å². The van der Waals surface area contributed by atoms with Crippen molar-refractivity contribution in [1.29, 1.82) is 0 Å². The van der Waals surface area contributed by atoms with Crippen LogP contribution in [-0.4, -0.2) is 39.4 Å². The number of hydrogen-bond acceptors (Lipinski definition) is 5. The normalized spacial score (nSPS) is 15.9. The average Bonchev–Trinajstić information content (AvgIpc) is 3.47. The number of rotatable bonds is 4. The first-order valence-corrected chi connectivity index (χ1v) is 11.9. The third kappa shape index (κ3) is 4.06. The van der Waals surface area contributed by atoms with Gasteiger partial charge in [-0.15, -0.1) is 23.1 Å². The van der Waals surface area contributed by atoms with E-state index in [0.717, 1.165) is 20.8 Å².